The first-order valence-corrected chi connectivity index (χ1v) is 12.5. The van der Waals surface area contributed by atoms with Crippen molar-refractivity contribution in [1.82, 2.24) is 20.7 Å². The second kappa shape index (κ2) is 12.5. The average molecular weight is 491 g/mol. The van der Waals surface area contributed by atoms with Crippen molar-refractivity contribution < 1.29 is 14.3 Å². The van der Waals surface area contributed by atoms with Gasteiger partial charge in [-0.05, 0) is 42.4 Å². The van der Waals surface area contributed by atoms with Crippen molar-refractivity contribution in [2.24, 2.45) is 5.41 Å². The molecule has 2 atom stereocenters. The van der Waals surface area contributed by atoms with Gasteiger partial charge in [0, 0.05) is 18.3 Å². The van der Waals surface area contributed by atoms with E-state index in [0.717, 1.165) is 36.1 Å². The van der Waals surface area contributed by atoms with Crippen molar-refractivity contribution in [2.45, 2.75) is 65.6 Å². The highest BCUT2D eigenvalue weighted by Gasteiger charge is 2.35. The smallest absolute Gasteiger partial charge is 0.407 e. The molecule has 1 aromatic heterocycles. The Hall–Kier alpha value is -3.45. The molecule has 0 saturated heterocycles. The second-order valence-electron chi connectivity index (χ2n) is 10.1. The van der Waals surface area contributed by atoms with E-state index in [9.17, 15) is 9.59 Å². The second-order valence-corrected chi connectivity index (χ2v) is 10.1. The van der Waals surface area contributed by atoms with Gasteiger partial charge < -0.3 is 10.1 Å². The number of hydrazine groups is 1. The number of benzene rings is 1. The number of amides is 2. The fourth-order valence-electron chi connectivity index (χ4n) is 4.38. The van der Waals surface area contributed by atoms with E-state index >= 15 is 0 Å². The Morgan fingerprint density at radius 3 is 2.44 bits per heavy atom. The van der Waals surface area contributed by atoms with Crippen LogP contribution in [0, 0.1) is 5.41 Å². The fraction of sp³-hybridized carbons (Fsp3) is 0.414. The Bertz CT molecular complexity index is 1070. The highest BCUT2D eigenvalue weighted by atomic mass is 16.5. The van der Waals surface area contributed by atoms with Crippen LogP contribution < -0.4 is 10.7 Å². The zero-order valence-corrected chi connectivity index (χ0v) is 22.0. The first-order chi connectivity index (χ1) is 17.2. The number of nitrogens with zero attached hydrogens (tertiary/aromatic N) is 2. The zero-order chi connectivity index (χ0) is 26.1. The van der Waals surface area contributed by atoms with Crippen LogP contribution in [0.25, 0.3) is 11.3 Å². The summed E-state index contributed by atoms with van der Waals surface area (Å²) in [5.74, 6) is -0.275. The molecule has 0 saturated carbocycles. The minimum Gasteiger partial charge on any atom is -0.453 e. The number of allylic oxidation sites excluding steroid dienone is 3. The summed E-state index contributed by atoms with van der Waals surface area (Å²) in [5.41, 5.74) is 6.93. The molecule has 2 amide bonds. The molecule has 2 aromatic rings. The number of carbonyl (C=O) groups excluding carboxylic acids is 2. The van der Waals surface area contributed by atoms with Crippen molar-refractivity contribution >= 4 is 12.0 Å². The normalized spacial score (nSPS) is 15.1. The molecule has 0 spiro atoms. The number of pyridine rings is 1. The first-order valence-electron chi connectivity index (χ1n) is 12.5. The van der Waals surface area contributed by atoms with Crippen molar-refractivity contribution in [3.05, 3.63) is 78.0 Å². The highest BCUT2D eigenvalue weighted by molar-refractivity contribution is 5.86. The lowest BCUT2D eigenvalue weighted by molar-refractivity contribution is -0.131. The van der Waals surface area contributed by atoms with Gasteiger partial charge in [0.15, 0.2) is 0 Å². The third kappa shape index (κ3) is 7.28. The number of ether oxygens (including phenoxy) is 1. The maximum absolute atomic E-state index is 13.5. The zero-order valence-electron chi connectivity index (χ0n) is 22.0. The predicted molar refractivity (Wildman–Crippen MR) is 143 cm³/mol. The molecular weight excluding hydrogens is 452 g/mol. The summed E-state index contributed by atoms with van der Waals surface area (Å²) in [5, 5.41) is 4.71. The molecule has 1 aliphatic rings. The van der Waals surface area contributed by atoms with E-state index < -0.39 is 17.6 Å². The maximum Gasteiger partial charge on any atom is 0.407 e. The van der Waals surface area contributed by atoms with Gasteiger partial charge in [0.25, 0.3) is 5.91 Å². The Labute approximate surface area is 214 Å². The number of nitrogens with one attached hydrogen (secondary N) is 2. The number of carbonyl (C=O) groups is 2. The van der Waals surface area contributed by atoms with E-state index in [1.807, 2.05) is 44.0 Å². The number of hydrogen-bond donors (Lipinski definition) is 2. The van der Waals surface area contributed by atoms with E-state index in [2.05, 4.69) is 65.1 Å². The predicted octanol–water partition coefficient (Wildman–Crippen LogP) is 5.41. The molecule has 7 heteroatoms. The largest absolute Gasteiger partial charge is 0.453 e. The van der Waals surface area contributed by atoms with E-state index in [4.69, 9.17) is 4.74 Å². The Balaban J connectivity index is 1.87. The van der Waals surface area contributed by atoms with Crippen LogP contribution in [0.4, 0.5) is 4.79 Å². The van der Waals surface area contributed by atoms with E-state index in [-0.39, 0.29) is 11.9 Å². The fourth-order valence-corrected chi connectivity index (χ4v) is 4.38. The number of aromatic nitrogens is 1. The summed E-state index contributed by atoms with van der Waals surface area (Å²) in [6.45, 7) is 8.39. The third-order valence-corrected chi connectivity index (χ3v) is 6.33. The van der Waals surface area contributed by atoms with E-state index in [0.29, 0.717) is 6.54 Å². The molecule has 1 aromatic carbocycles. The highest BCUT2D eigenvalue weighted by Crippen LogP contribution is 2.25. The molecule has 36 heavy (non-hydrogen) atoms. The molecule has 2 N–H and O–H groups in total. The molecule has 1 aliphatic carbocycles. The van der Waals surface area contributed by atoms with Crippen LogP contribution in [-0.2, 0) is 16.1 Å². The number of alkyl carbamates (subject to hydrolysis) is 1. The molecule has 7 nitrogen and oxygen atoms in total. The van der Waals surface area contributed by atoms with Gasteiger partial charge >= 0.3 is 6.09 Å². The van der Waals surface area contributed by atoms with Crippen molar-refractivity contribution in [3.8, 4) is 11.3 Å². The van der Waals surface area contributed by atoms with Gasteiger partial charge in [-0.2, -0.15) is 0 Å². The number of hydrogen-bond acceptors (Lipinski definition) is 5. The Morgan fingerprint density at radius 2 is 1.89 bits per heavy atom. The van der Waals surface area contributed by atoms with Crippen LogP contribution in [-0.4, -0.2) is 41.2 Å². The van der Waals surface area contributed by atoms with E-state index in [1.54, 1.807) is 6.20 Å². The minimum atomic E-state index is -0.767. The molecule has 1 heterocycles. The van der Waals surface area contributed by atoms with Crippen LogP contribution in [0.1, 0.15) is 52.5 Å². The summed E-state index contributed by atoms with van der Waals surface area (Å²) < 4.78 is 4.77. The number of methoxy groups -OCH3 is 1. The third-order valence-electron chi connectivity index (χ3n) is 6.33. The topological polar surface area (TPSA) is 83.6 Å². The first kappa shape index (κ1) is 27.1. The van der Waals surface area contributed by atoms with Gasteiger partial charge in [0.2, 0.25) is 0 Å². The van der Waals surface area contributed by atoms with Gasteiger partial charge in [-0.3, -0.25) is 15.2 Å². The SMILES string of the molecule is CCC(C1=CC=CCC1)N(Cc1ccc(-c2ccccn2)cc1)NC(=O)C(NC(=O)OC)C(C)(C)C. The lowest BCUT2D eigenvalue weighted by Gasteiger charge is -2.37. The lowest BCUT2D eigenvalue weighted by atomic mass is 9.86. The van der Waals surface area contributed by atoms with E-state index in [1.165, 1.54) is 12.7 Å². The van der Waals surface area contributed by atoms with Gasteiger partial charge in [-0.25, -0.2) is 9.80 Å². The summed E-state index contributed by atoms with van der Waals surface area (Å²) >= 11 is 0. The lowest BCUT2D eigenvalue weighted by Crippen LogP contribution is -2.59. The summed E-state index contributed by atoms with van der Waals surface area (Å²) in [4.78, 5) is 29.9. The van der Waals surface area contributed by atoms with Gasteiger partial charge in [0.05, 0.1) is 18.8 Å². The molecule has 192 valence electrons. The summed E-state index contributed by atoms with van der Waals surface area (Å²) in [6, 6.07) is 13.4. The average Bonchev–Trinajstić information content (AvgIpc) is 2.88. The Kier molecular flexibility index (Phi) is 9.42. The van der Waals surface area contributed by atoms with Gasteiger partial charge in [-0.15, -0.1) is 0 Å². The summed E-state index contributed by atoms with van der Waals surface area (Å²) in [7, 11) is 1.30. The van der Waals surface area contributed by atoms with Crippen molar-refractivity contribution in [1.29, 1.82) is 0 Å². The van der Waals surface area contributed by atoms with Gasteiger partial charge in [0.1, 0.15) is 6.04 Å². The Morgan fingerprint density at radius 1 is 1.14 bits per heavy atom. The monoisotopic (exact) mass is 490 g/mol. The molecule has 0 radical (unpaired) electrons. The van der Waals surface area contributed by atoms with Crippen LogP contribution in [0.2, 0.25) is 0 Å². The van der Waals surface area contributed by atoms with Crippen LogP contribution >= 0.6 is 0 Å². The van der Waals surface area contributed by atoms with Crippen LogP contribution in [0.15, 0.2) is 72.5 Å². The minimum absolute atomic E-state index is 0.0214. The number of rotatable bonds is 9. The summed E-state index contributed by atoms with van der Waals surface area (Å²) in [6.07, 6.45) is 10.3. The molecule has 0 bridgehead atoms. The molecule has 3 rings (SSSR count). The van der Waals surface area contributed by atoms with Gasteiger partial charge in [-0.1, -0.05) is 81.8 Å². The maximum atomic E-state index is 13.5. The molecule has 0 aliphatic heterocycles. The molecular formula is C29H38N4O3. The molecule has 0 fully saturated rings. The molecule has 2 unspecified atom stereocenters. The van der Waals surface area contributed by atoms with Crippen LogP contribution in [0.3, 0.4) is 0 Å². The quantitative estimate of drug-likeness (QED) is 0.460. The van der Waals surface area contributed by atoms with Crippen molar-refractivity contribution in [2.75, 3.05) is 7.11 Å². The van der Waals surface area contributed by atoms with Crippen LogP contribution in [0.5, 0.6) is 0 Å². The van der Waals surface area contributed by atoms with Crippen molar-refractivity contribution in [3.63, 3.8) is 0 Å². The standard InChI is InChI=1S/C29H38N4O3/c1-6-25(23-12-8-7-9-13-23)33(32-27(34)26(29(2,3)4)31-28(35)36-5)20-21-15-17-22(18-16-21)24-14-10-11-19-30-24/h7-8,10-12,14-19,25-26H,6,9,13,20H2,1-5H3,(H,31,35)(H,32,34).